The van der Waals surface area contributed by atoms with Crippen LogP contribution in [0.1, 0.15) is 15.9 Å². The number of methoxy groups -OCH3 is 3. The number of para-hydroxylation sites is 1. The molecule has 27 heavy (non-hydrogen) atoms. The third-order valence-electron chi connectivity index (χ3n) is 4.17. The van der Waals surface area contributed by atoms with Crippen molar-refractivity contribution in [1.29, 1.82) is 0 Å². The molecule has 0 radical (unpaired) electrons. The molecule has 1 aliphatic heterocycles. The van der Waals surface area contributed by atoms with Crippen molar-refractivity contribution in [2.24, 2.45) is 0 Å². The van der Waals surface area contributed by atoms with E-state index in [1.165, 1.54) is 33.5 Å². The number of benzene rings is 2. The van der Waals surface area contributed by atoms with Crippen LogP contribution >= 0.6 is 0 Å². The third-order valence-corrected chi connectivity index (χ3v) is 4.17. The van der Waals surface area contributed by atoms with Crippen LogP contribution in [0.2, 0.25) is 0 Å². The standard InChI is InChI=1S/C19H20N2O6/c1-24-14-9-12(10-15(25-2)17(14)26-3)18(22)20-21-19(23)16-8-11-6-4-5-7-13(11)27-16/h4-7,9-10,16H,8H2,1-3H3,(H,20,22)(H,21,23)/t16-/m0/s1. The van der Waals surface area contributed by atoms with Crippen molar-refractivity contribution in [3.8, 4) is 23.0 Å². The van der Waals surface area contributed by atoms with Crippen LogP contribution in [0.5, 0.6) is 23.0 Å². The van der Waals surface area contributed by atoms with Gasteiger partial charge in [-0.3, -0.25) is 20.4 Å². The molecular weight excluding hydrogens is 352 g/mol. The van der Waals surface area contributed by atoms with Crippen LogP contribution in [-0.2, 0) is 11.2 Å². The van der Waals surface area contributed by atoms with Crippen molar-refractivity contribution in [3.63, 3.8) is 0 Å². The van der Waals surface area contributed by atoms with E-state index in [2.05, 4.69) is 10.9 Å². The lowest BCUT2D eigenvalue weighted by molar-refractivity contribution is -0.128. The van der Waals surface area contributed by atoms with Crippen molar-refractivity contribution >= 4 is 11.8 Å². The first-order valence-corrected chi connectivity index (χ1v) is 8.22. The Bertz CT molecular complexity index is 817. The second-order valence-electron chi connectivity index (χ2n) is 5.78. The summed E-state index contributed by atoms with van der Waals surface area (Å²) in [7, 11) is 4.38. The molecular formula is C19H20N2O6. The first-order valence-electron chi connectivity index (χ1n) is 8.22. The predicted molar refractivity (Wildman–Crippen MR) is 96.3 cm³/mol. The maximum absolute atomic E-state index is 12.4. The van der Waals surface area contributed by atoms with Gasteiger partial charge in [-0.15, -0.1) is 0 Å². The van der Waals surface area contributed by atoms with Gasteiger partial charge in [0.2, 0.25) is 5.75 Å². The minimum Gasteiger partial charge on any atom is -0.493 e. The number of rotatable bonds is 5. The summed E-state index contributed by atoms with van der Waals surface area (Å²) in [5.41, 5.74) is 5.95. The number of ether oxygens (including phenoxy) is 4. The molecule has 0 spiro atoms. The molecule has 0 saturated carbocycles. The van der Waals surface area contributed by atoms with Crippen LogP contribution in [-0.4, -0.2) is 39.2 Å². The summed E-state index contributed by atoms with van der Waals surface area (Å²) in [6.07, 6.45) is -0.246. The number of hydrogen-bond acceptors (Lipinski definition) is 6. The Labute approximate surface area is 156 Å². The van der Waals surface area contributed by atoms with E-state index in [1.54, 1.807) is 6.07 Å². The fourth-order valence-electron chi connectivity index (χ4n) is 2.81. The first-order chi connectivity index (χ1) is 13.1. The average molecular weight is 372 g/mol. The van der Waals surface area contributed by atoms with Gasteiger partial charge in [-0.2, -0.15) is 0 Å². The molecule has 0 fully saturated rings. The third kappa shape index (κ3) is 3.74. The smallest absolute Gasteiger partial charge is 0.279 e. The highest BCUT2D eigenvalue weighted by Gasteiger charge is 2.29. The number of hydrogen-bond donors (Lipinski definition) is 2. The van der Waals surface area contributed by atoms with Crippen molar-refractivity contribution in [1.82, 2.24) is 10.9 Å². The van der Waals surface area contributed by atoms with E-state index in [0.29, 0.717) is 29.4 Å². The number of fused-ring (bicyclic) bond motifs is 1. The Kier molecular flexibility index (Phi) is 5.35. The molecule has 0 saturated heterocycles. The summed E-state index contributed by atoms with van der Waals surface area (Å²) >= 11 is 0. The summed E-state index contributed by atoms with van der Waals surface area (Å²) in [6, 6.07) is 10.4. The van der Waals surface area contributed by atoms with E-state index in [1.807, 2.05) is 18.2 Å². The highest BCUT2D eigenvalue weighted by Crippen LogP contribution is 2.38. The van der Waals surface area contributed by atoms with E-state index in [9.17, 15) is 9.59 Å². The Balaban J connectivity index is 1.65. The van der Waals surface area contributed by atoms with Crippen molar-refractivity contribution in [3.05, 3.63) is 47.5 Å². The summed E-state index contributed by atoms with van der Waals surface area (Å²) in [5, 5.41) is 0. The molecule has 1 heterocycles. The van der Waals surface area contributed by atoms with Crippen molar-refractivity contribution in [2.45, 2.75) is 12.5 Å². The van der Waals surface area contributed by atoms with Crippen LogP contribution in [0, 0.1) is 0 Å². The second-order valence-corrected chi connectivity index (χ2v) is 5.78. The molecule has 0 aromatic heterocycles. The van der Waals surface area contributed by atoms with Gasteiger partial charge >= 0.3 is 0 Å². The van der Waals surface area contributed by atoms with Gasteiger partial charge in [-0.05, 0) is 23.8 Å². The fourth-order valence-corrected chi connectivity index (χ4v) is 2.81. The van der Waals surface area contributed by atoms with Gasteiger partial charge in [0.05, 0.1) is 21.3 Å². The lowest BCUT2D eigenvalue weighted by Crippen LogP contribution is -2.47. The molecule has 2 N–H and O–H groups in total. The van der Waals surface area contributed by atoms with Gasteiger partial charge in [0.1, 0.15) is 5.75 Å². The van der Waals surface area contributed by atoms with Crippen LogP contribution in [0.4, 0.5) is 0 Å². The van der Waals surface area contributed by atoms with Crippen LogP contribution < -0.4 is 29.8 Å². The quantitative estimate of drug-likeness (QED) is 0.772. The van der Waals surface area contributed by atoms with Gasteiger partial charge in [0.15, 0.2) is 17.6 Å². The molecule has 8 nitrogen and oxygen atoms in total. The minimum absolute atomic E-state index is 0.237. The molecule has 0 bridgehead atoms. The van der Waals surface area contributed by atoms with Gasteiger partial charge in [0.25, 0.3) is 11.8 Å². The van der Waals surface area contributed by atoms with Crippen LogP contribution in [0.15, 0.2) is 36.4 Å². The van der Waals surface area contributed by atoms with E-state index in [-0.39, 0.29) is 5.56 Å². The second kappa shape index (κ2) is 7.86. The highest BCUT2D eigenvalue weighted by atomic mass is 16.5. The lowest BCUT2D eigenvalue weighted by atomic mass is 10.1. The maximum atomic E-state index is 12.4. The summed E-state index contributed by atoms with van der Waals surface area (Å²) < 4.78 is 21.3. The molecule has 3 rings (SSSR count). The largest absolute Gasteiger partial charge is 0.493 e. The fraction of sp³-hybridized carbons (Fsp3) is 0.263. The van der Waals surface area contributed by atoms with Crippen LogP contribution in [0.3, 0.4) is 0 Å². The normalized spacial score (nSPS) is 14.6. The molecule has 0 aliphatic carbocycles. The average Bonchev–Trinajstić information content (AvgIpc) is 3.14. The SMILES string of the molecule is COc1cc(C(=O)NNC(=O)[C@@H]2Cc3ccccc3O2)cc(OC)c1OC. The molecule has 8 heteroatoms. The lowest BCUT2D eigenvalue weighted by Gasteiger charge is -2.15. The van der Waals surface area contributed by atoms with Gasteiger partial charge in [-0.25, -0.2) is 0 Å². The van der Waals surface area contributed by atoms with Gasteiger partial charge in [-0.1, -0.05) is 18.2 Å². The highest BCUT2D eigenvalue weighted by molar-refractivity contribution is 5.97. The van der Waals surface area contributed by atoms with E-state index in [4.69, 9.17) is 18.9 Å². The number of hydrazine groups is 1. The van der Waals surface area contributed by atoms with Crippen molar-refractivity contribution in [2.75, 3.05) is 21.3 Å². The topological polar surface area (TPSA) is 95.1 Å². The summed E-state index contributed by atoms with van der Waals surface area (Å²) in [6.45, 7) is 0. The molecule has 2 aromatic carbocycles. The predicted octanol–water partition coefficient (Wildman–Crippen LogP) is 1.48. The molecule has 1 atom stereocenters. The Morgan fingerprint density at radius 1 is 1.00 bits per heavy atom. The number of carbonyl (C=O) groups is 2. The molecule has 2 aromatic rings. The number of amides is 2. The minimum atomic E-state index is -0.692. The van der Waals surface area contributed by atoms with E-state index >= 15 is 0 Å². The van der Waals surface area contributed by atoms with Gasteiger partial charge < -0.3 is 18.9 Å². The monoisotopic (exact) mass is 372 g/mol. The zero-order valence-corrected chi connectivity index (χ0v) is 15.2. The van der Waals surface area contributed by atoms with Crippen LogP contribution in [0.25, 0.3) is 0 Å². The molecule has 142 valence electrons. The first kappa shape index (κ1) is 18.4. The number of carbonyl (C=O) groups excluding carboxylic acids is 2. The Morgan fingerprint density at radius 2 is 1.67 bits per heavy atom. The van der Waals surface area contributed by atoms with Gasteiger partial charge in [0, 0.05) is 12.0 Å². The Morgan fingerprint density at radius 3 is 2.26 bits per heavy atom. The summed E-state index contributed by atoms with van der Waals surface area (Å²) in [4.78, 5) is 24.7. The zero-order valence-electron chi connectivity index (χ0n) is 15.2. The zero-order chi connectivity index (χ0) is 19.4. The molecule has 2 amide bonds. The van der Waals surface area contributed by atoms with E-state index in [0.717, 1.165) is 5.56 Å². The molecule has 0 unspecified atom stereocenters. The molecule has 1 aliphatic rings. The number of nitrogens with one attached hydrogen (secondary N) is 2. The Hall–Kier alpha value is -3.42. The van der Waals surface area contributed by atoms with Crippen molar-refractivity contribution < 1.29 is 28.5 Å². The summed E-state index contributed by atoms with van der Waals surface area (Å²) in [5.74, 6) is 0.752. The maximum Gasteiger partial charge on any atom is 0.279 e. The van der Waals surface area contributed by atoms with E-state index < -0.39 is 17.9 Å².